The first-order valence-corrected chi connectivity index (χ1v) is 8.57. The molecule has 2 fully saturated rings. The van der Waals surface area contributed by atoms with E-state index in [9.17, 15) is 0 Å². The van der Waals surface area contributed by atoms with Crippen LogP contribution < -0.4 is 5.32 Å². The lowest BCUT2D eigenvalue weighted by atomic mass is 9.79. The third kappa shape index (κ3) is 3.47. The van der Waals surface area contributed by atoms with E-state index >= 15 is 0 Å². The molecule has 1 heterocycles. The van der Waals surface area contributed by atoms with Crippen molar-refractivity contribution >= 4 is 0 Å². The van der Waals surface area contributed by atoms with Gasteiger partial charge in [0.15, 0.2) is 0 Å². The van der Waals surface area contributed by atoms with Gasteiger partial charge in [-0.2, -0.15) is 5.10 Å². The fourth-order valence-corrected chi connectivity index (χ4v) is 4.04. The van der Waals surface area contributed by atoms with E-state index in [1.165, 1.54) is 25.1 Å². The van der Waals surface area contributed by atoms with Crippen LogP contribution in [0.25, 0.3) is 0 Å². The van der Waals surface area contributed by atoms with Crippen molar-refractivity contribution in [2.24, 2.45) is 23.2 Å². The van der Waals surface area contributed by atoms with Crippen LogP contribution in [0.5, 0.6) is 0 Å². The van der Waals surface area contributed by atoms with Crippen LogP contribution in [0.15, 0.2) is 6.33 Å². The first-order chi connectivity index (χ1) is 9.97. The number of fused-ring (bicyclic) bond motifs is 1. The van der Waals surface area contributed by atoms with Crippen molar-refractivity contribution in [3.05, 3.63) is 12.2 Å². The third-order valence-corrected chi connectivity index (χ3v) is 5.11. The molecule has 0 radical (unpaired) electrons. The molecule has 1 N–H and O–H groups in total. The predicted molar refractivity (Wildman–Crippen MR) is 85.0 cm³/mol. The highest BCUT2D eigenvalue weighted by molar-refractivity contribution is 5.08. The van der Waals surface area contributed by atoms with Crippen molar-refractivity contribution in [3.8, 4) is 0 Å². The third-order valence-electron chi connectivity index (χ3n) is 5.11. The summed E-state index contributed by atoms with van der Waals surface area (Å²) in [5.74, 6) is 3.81. The van der Waals surface area contributed by atoms with Crippen LogP contribution in [0.2, 0.25) is 0 Å². The monoisotopic (exact) mass is 290 g/mol. The zero-order chi connectivity index (χ0) is 15.0. The lowest BCUT2D eigenvalue weighted by Crippen LogP contribution is -2.39. The van der Waals surface area contributed by atoms with Gasteiger partial charge < -0.3 is 5.32 Å². The van der Waals surface area contributed by atoms with Gasteiger partial charge in [-0.3, -0.25) is 0 Å². The van der Waals surface area contributed by atoms with Gasteiger partial charge >= 0.3 is 0 Å². The van der Waals surface area contributed by atoms with Crippen LogP contribution >= 0.6 is 0 Å². The molecular weight excluding hydrogens is 260 g/mol. The minimum Gasteiger partial charge on any atom is -0.314 e. The van der Waals surface area contributed by atoms with E-state index in [1.54, 1.807) is 6.33 Å². The van der Waals surface area contributed by atoms with Gasteiger partial charge in [-0.25, -0.2) is 9.67 Å². The van der Waals surface area contributed by atoms with Gasteiger partial charge in [-0.15, -0.1) is 0 Å². The largest absolute Gasteiger partial charge is 0.314 e. The highest BCUT2D eigenvalue weighted by atomic mass is 15.3. The predicted octanol–water partition coefficient (Wildman–Crippen LogP) is 2.89. The van der Waals surface area contributed by atoms with Crippen LogP contribution in [-0.2, 0) is 13.0 Å². The maximum absolute atomic E-state index is 4.57. The second kappa shape index (κ2) is 5.71. The van der Waals surface area contributed by atoms with Crippen molar-refractivity contribution in [1.82, 2.24) is 20.1 Å². The van der Waals surface area contributed by atoms with E-state index in [1.807, 2.05) is 0 Å². The molecule has 0 aliphatic heterocycles. The van der Waals surface area contributed by atoms with Crippen molar-refractivity contribution in [2.75, 3.05) is 6.54 Å². The Labute approximate surface area is 128 Å². The van der Waals surface area contributed by atoms with E-state index in [0.29, 0.717) is 17.4 Å². The SMILES string of the molecule is CC(C)Cn1ncnc1CC1(CNC(C)C)CC2CC2C1. The summed E-state index contributed by atoms with van der Waals surface area (Å²) in [7, 11) is 0. The molecule has 21 heavy (non-hydrogen) atoms. The number of nitrogens with zero attached hydrogens (tertiary/aromatic N) is 3. The van der Waals surface area contributed by atoms with Crippen molar-refractivity contribution in [3.63, 3.8) is 0 Å². The summed E-state index contributed by atoms with van der Waals surface area (Å²) in [6, 6.07) is 0.562. The van der Waals surface area contributed by atoms with Gasteiger partial charge in [0.05, 0.1) is 0 Å². The molecule has 2 atom stereocenters. The minimum atomic E-state index is 0.416. The number of aromatic nitrogens is 3. The number of hydrogen-bond acceptors (Lipinski definition) is 3. The first-order valence-electron chi connectivity index (χ1n) is 8.57. The Balaban J connectivity index is 1.71. The Morgan fingerprint density at radius 1 is 1.29 bits per heavy atom. The number of nitrogens with one attached hydrogen (secondary N) is 1. The van der Waals surface area contributed by atoms with Crippen LogP contribution in [0.4, 0.5) is 0 Å². The molecule has 4 heteroatoms. The summed E-state index contributed by atoms with van der Waals surface area (Å²) in [4.78, 5) is 4.57. The smallest absolute Gasteiger partial charge is 0.138 e. The molecule has 2 unspecified atom stereocenters. The Bertz CT molecular complexity index is 467. The summed E-state index contributed by atoms with van der Waals surface area (Å²) >= 11 is 0. The summed E-state index contributed by atoms with van der Waals surface area (Å²) in [6.45, 7) is 11.1. The Morgan fingerprint density at radius 2 is 2.00 bits per heavy atom. The molecule has 2 aliphatic rings. The summed E-state index contributed by atoms with van der Waals surface area (Å²) < 4.78 is 2.13. The summed E-state index contributed by atoms with van der Waals surface area (Å²) in [5, 5.41) is 8.12. The molecule has 1 aromatic rings. The zero-order valence-corrected chi connectivity index (χ0v) is 14.0. The molecular formula is C17H30N4. The minimum absolute atomic E-state index is 0.416. The molecule has 1 aromatic heterocycles. The molecule has 118 valence electrons. The van der Waals surface area contributed by atoms with E-state index < -0.39 is 0 Å². The number of rotatable bonds is 7. The van der Waals surface area contributed by atoms with Crippen LogP contribution in [0, 0.1) is 23.2 Å². The lowest BCUT2D eigenvalue weighted by molar-refractivity contribution is 0.232. The van der Waals surface area contributed by atoms with Crippen molar-refractivity contribution < 1.29 is 0 Å². The van der Waals surface area contributed by atoms with E-state index in [0.717, 1.165) is 31.3 Å². The van der Waals surface area contributed by atoms with Crippen LogP contribution in [0.1, 0.15) is 52.8 Å². The van der Waals surface area contributed by atoms with E-state index in [2.05, 4.69) is 47.8 Å². The fraction of sp³-hybridized carbons (Fsp3) is 0.882. The highest BCUT2D eigenvalue weighted by Crippen LogP contribution is 2.60. The van der Waals surface area contributed by atoms with Gasteiger partial charge in [-0.1, -0.05) is 27.7 Å². The van der Waals surface area contributed by atoms with Gasteiger partial charge in [-0.05, 0) is 42.4 Å². The Hall–Kier alpha value is -0.900. The van der Waals surface area contributed by atoms with Gasteiger partial charge in [0.2, 0.25) is 0 Å². The fourth-order valence-electron chi connectivity index (χ4n) is 4.04. The number of hydrogen-bond donors (Lipinski definition) is 1. The normalized spacial score (nSPS) is 31.1. The van der Waals surface area contributed by atoms with Crippen LogP contribution in [0.3, 0.4) is 0 Å². The first kappa shape index (κ1) is 15.0. The maximum atomic E-state index is 4.57. The standard InChI is InChI=1S/C17H30N4/c1-12(2)9-21-16(19-11-20-21)8-17(10-18-13(3)4)6-14-5-15(14)7-17/h11-15,18H,5-10H2,1-4H3. The topological polar surface area (TPSA) is 42.7 Å². The lowest BCUT2D eigenvalue weighted by Gasteiger charge is -2.32. The molecule has 0 spiro atoms. The average molecular weight is 290 g/mol. The Morgan fingerprint density at radius 3 is 2.62 bits per heavy atom. The van der Waals surface area contributed by atoms with Gasteiger partial charge in [0.25, 0.3) is 0 Å². The van der Waals surface area contributed by atoms with Crippen molar-refractivity contribution in [2.45, 2.75) is 66.0 Å². The van der Waals surface area contributed by atoms with Crippen molar-refractivity contribution in [1.29, 1.82) is 0 Å². The molecule has 2 aliphatic carbocycles. The van der Waals surface area contributed by atoms with E-state index in [4.69, 9.17) is 0 Å². The molecule has 0 amide bonds. The van der Waals surface area contributed by atoms with Gasteiger partial charge in [0.1, 0.15) is 12.2 Å². The molecule has 0 aromatic carbocycles. The summed E-state index contributed by atoms with van der Waals surface area (Å²) in [6.07, 6.45) is 7.06. The van der Waals surface area contributed by atoms with E-state index in [-0.39, 0.29) is 0 Å². The maximum Gasteiger partial charge on any atom is 0.138 e. The quantitative estimate of drug-likeness (QED) is 0.839. The van der Waals surface area contributed by atoms with Gasteiger partial charge in [0, 0.05) is 25.6 Å². The second-order valence-electron chi connectivity index (χ2n) is 8.13. The summed E-state index contributed by atoms with van der Waals surface area (Å²) in [5.41, 5.74) is 0.416. The molecule has 3 rings (SSSR count). The molecule has 0 saturated heterocycles. The molecule has 2 saturated carbocycles. The zero-order valence-electron chi connectivity index (χ0n) is 14.0. The second-order valence-corrected chi connectivity index (χ2v) is 8.13. The Kier molecular flexibility index (Phi) is 4.08. The molecule has 0 bridgehead atoms. The average Bonchev–Trinajstić information content (AvgIpc) is 2.81. The van der Waals surface area contributed by atoms with Crippen LogP contribution in [-0.4, -0.2) is 27.4 Å². The highest BCUT2D eigenvalue weighted by Gasteiger charge is 2.53. The molecule has 4 nitrogen and oxygen atoms in total.